The number of hydrogen-bond donors (Lipinski definition) is 3. The van der Waals surface area contributed by atoms with Gasteiger partial charge in [-0.15, -0.1) is 0 Å². The van der Waals surface area contributed by atoms with Crippen LogP contribution in [-0.2, 0) is 4.79 Å². The molecule has 0 radical (unpaired) electrons. The molecule has 1 amide bonds. The largest absolute Gasteiger partial charge is 0.394 e. The maximum atomic E-state index is 12.4. The summed E-state index contributed by atoms with van der Waals surface area (Å²) in [5.74, 6) is -0.120. The number of nitrogens with one attached hydrogen (secondary N) is 1. The molecule has 0 saturated heterocycles. The van der Waals surface area contributed by atoms with Crippen LogP contribution in [0.5, 0.6) is 0 Å². The fourth-order valence-electron chi connectivity index (χ4n) is 5.78. The van der Waals surface area contributed by atoms with Crippen LogP contribution >= 0.6 is 0 Å². The number of amides is 1. The summed E-state index contributed by atoms with van der Waals surface area (Å²) in [6, 6.07) is -0.668. The van der Waals surface area contributed by atoms with Gasteiger partial charge in [0.25, 0.3) is 0 Å². The Bertz CT molecular complexity index is 999. The molecule has 4 nitrogen and oxygen atoms in total. The number of aliphatic hydroxyl groups excluding tert-OH is 2. The number of carbonyl (C=O) groups is 1. The minimum absolute atomic E-state index is 0.120. The molecule has 0 aliphatic rings. The quantitative estimate of drug-likeness (QED) is 0.0442. The van der Waals surface area contributed by atoms with Crippen molar-refractivity contribution in [2.24, 2.45) is 0 Å². The molecule has 0 aliphatic carbocycles. The van der Waals surface area contributed by atoms with Crippen molar-refractivity contribution in [3.05, 3.63) is 97.2 Å². The third kappa shape index (κ3) is 38.5. The van der Waals surface area contributed by atoms with Crippen LogP contribution in [0.15, 0.2) is 97.2 Å². The molecule has 2 atom stereocenters. The summed E-state index contributed by atoms with van der Waals surface area (Å²) in [5, 5.41) is 22.9. The van der Waals surface area contributed by atoms with E-state index in [0.717, 1.165) is 77.0 Å². The average molecular weight is 720 g/mol. The Balaban J connectivity index is 3.77. The first-order chi connectivity index (χ1) is 25.7. The maximum absolute atomic E-state index is 12.4. The highest BCUT2D eigenvalue weighted by Gasteiger charge is 2.17. The normalized spacial score (nSPS) is 14.0. The number of hydrogen-bond acceptors (Lipinski definition) is 3. The molecular formula is C48H81NO3. The molecule has 4 heteroatoms. The predicted octanol–water partition coefficient (Wildman–Crippen LogP) is 13.5. The molecule has 0 spiro atoms. The number of allylic oxidation sites excluding steroid dienone is 15. The van der Waals surface area contributed by atoms with Gasteiger partial charge in [-0.25, -0.2) is 0 Å². The Labute approximate surface area is 322 Å². The lowest BCUT2D eigenvalue weighted by atomic mass is 10.0. The molecule has 0 rings (SSSR count). The molecule has 0 saturated carbocycles. The highest BCUT2D eigenvalue weighted by molar-refractivity contribution is 5.76. The minimum Gasteiger partial charge on any atom is -0.394 e. The lowest BCUT2D eigenvalue weighted by Gasteiger charge is -2.19. The second-order valence-electron chi connectivity index (χ2n) is 14.0. The van der Waals surface area contributed by atoms with Crippen LogP contribution in [0.2, 0.25) is 0 Å². The Hall–Kier alpha value is -2.69. The molecule has 0 aromatic carbocycles. The molecule has 3 N–H and O–H groups in total. The van der Waals surface area contributed by atoms with Crippen molar-refractivity contribution in [3.63, 3.8) is 0 Å². The molecule has 296 valence electrons. The van der Waals surface area contributed by atoms with E-state index in [1.165, 1.54) is 83.5 Å². The van der Waals surface area contributed by atoms with Gasteiger partial charge in [-0.3, -0.25) is 4.79 Å². The zero-order valence-corrected chi connectivity index (χ0v) is 33.8. The van der Waals surface area contributed by atoms with Crippen molar-refractivity contribution < 1.29 is 15.0 Å². The highest BCUT2D eigenvalue weighted by atomic mass is 16.3. The number of unbranched alkanes of at least 4 members (excludes halogenated alkanes) is 16. The van der Waals surface area contributed by atoms with Crippen LogP contribution in [0.3, 0.4) is 0 Å². The predicted molar refractivity (Wildman–Crippen MR) is 230 cm³/mol. The van der Waals surface area contributed by atoms with Gasteiger partial charge >= 0.3 is 0 Å². The summed E-state index contributed by atoms with van der Waals surface area (Å²) in [6.45, 7) is 4.15. The van der Waals surface area contributed by atoms with Crippen LogP contribution in [0.4, 0.5) is 0 Å². The van der Waals surface area contributed by atoms with Crippen molar-refractivity contribution in [2.45, 2.75) is 193 Å². The van der Waals surface area contributed by atoms with Crippen molar-refractivity contribution in [2.75, 3.05) is 6.61 Å². The van der Waals surface area contributed by atoms with Crippen molar-refractivity contribution in [1.82, 2.24) is 5.32 Å². The van der Waals surface area contributed by atoms with E-state index in [2.05, 4.69) is 104 Å². The summed E-state index contributed by atoms with van der Waals surface area (Å²) >= 11 is 0. The number of aliphatic hydroxyl groups is 2. The van der Waals surface area contributed by atoms with Gasteiger partial charge in [-0.05, 0) is 83.5 Å². The van der Waals surface area contributed by atoms with E-state index in [1.807, 2.05) is 6.08 Å². The van der Waals surface area contributed by atoms with Crippen LogP contribution in [0, 0.1) is 0 Å². The van der Waals surface area contributed by atoms with Gasteiger partial charge in [0.1, 0.15) is 0 Å². The Morgan fingerprint density at radius 3 is 1.35 bits per heavy atom. The topological polar surface area (TPSA) is 69.6 Å². The lowest BCUT2D eigenvalue weighted by Crippen LogP contribution is -2.45. The molecule has 0 fully saturated rings. The first kappa shape index (κ1) is 49.3. The third-order valence-electron chi connectivity index (χ3n) is 9.05. The lowest BCUT2D eigenvalue weighted by molar-refractivity contribution is -0.123. The highest BCUT2D eigenvalue weighted by Crippen LogP contribution is 2.13. The summed E-state index contributed by atoms with van der Waals surface area (Å²) in [6.07, 6.45) is 63.7. The van der Waals surface area contributed by atoms with Crippen molar-refractivity contribution in [1.29, 1.82) is 0 Å². The van der Waals surface area contributed by atoms with Gasteiger partial charge in [-0.2, -0.15) is 0 Å². The second-order valence-corrected chi connectivity index (χ2v) is 14.0. The molecule has 0 bridgehead atoms. The van der Waals surface area contributed by atoms with E-state index in [4.69, 9.17) is 0 Å². The molecule has 0 aromatic rings. The second kappa shape index (κ2) is 42.7. The van der Waals surface area contributed by atoms with E-state index < -0.39 is 12.1 Å². The molecule has 0 heterocycles. The first-order valence-corrected chi connectivity index (χ1v) is 21.5. The van der Waals surface area contributed by atoms with Crippen LogP contribution in [0.1, 0.15) is 181 Å². The molecule has 2 unspecified atom stereocenters. The van der Waals surface area contributed by atoms with Gasteiger partial charge in [0.05, 0.1) is 18.8 Å². The van der Waals surface area contributed by atoms with E-state index >= 15 is 0 Å². The zero-order valence-electron chi connectivity index (χ0n) is 33.8. The van der Waals surface area contributed by atoms with E-state index in [1.54, 1.807) is 6.08 Å². The molecular weight excluding hydrogens is 639 g/mol. The summed E-state index contributed by atoms with van der Waals surface area (Å²) < 4.78 is 0. The standard InChI is InChI=1S/C48H81NO3/c1-3-5-7-9-11-13-15-17-19-21-23-24-26-28-30-32-34-36-38-40-42-44-48(52)49-46(45-50)47(51)43-41-39-37-35-33-31-29-27-25-22-20-18-16-14-12-10-8-6-4-2/h5,7,11,13,17,19,23-24,28,30,33-36,41,43,46-47,50-51H,3-4,6,8-10,12,14-16,18,20-22,25-27,29,31-32,37-40,42,44-45H2,1-2H3,(H,49,52)/b7-5-,13-11-,19-17-,24-23-,30-28-,35-33+,36-34-,43-41+. The zero-order chi connectivity index (χ0) is 37.8. The van der Waals surface area contributed by atoms with Gasteiger partial charge in [0.15, 0.2) is 0 Å². The number of rotatable bonds is 37. The van der Waals surface area contributed by atoms with E-state index in [9.17, 15) is 15.0 Å². The Kier molecular flexibility index (Phi) is 40.5. The first-order valence-electron chi connectivity index (χ1n) is 21.5. The van der Waals surface area contributed by atoms with Gasteiger partial charge in [0.2, 0.25) is 5.91 Å². The molecule has 52 heavy (non-hydrogen) atoms. The van der Waals surface area contributed by atoms with Crippen LogP contribution < -0.4 is 5.32 Å². The van der Waals surface area contributed by atoms with Crippen molar-refractivity contribution in [3.8, 4) is 0 Å². The minimum atomic E-state index is -0.886. The summed E-state index contributed by atoms with van der Waals surface area (Å²) in [5.41, 5.74) is 0. The molecule has 0 aliphatic heterocycles. The van der Waals surface area contributed by atoms with Gasteiger partial charge < -0.3 is 15.5 Å². The van der Waals surface area contributed by atoms with E-state index in [-0.39, 0.29) is 12.5 Å². The van der Waals surface area contributed by atoms with Gasteiger partial charge in [-0.1, -0.05) is 188 Å². The van der Waals surface area contributed by atoms with Crippen molar-refractivity contribution >= 4 is 5.91 Å². The fourth-order valence-corrected chi connectivity index (χ4v) is 5.78. The Morgan fingerprint density at radius 2 is 0.865 bits per heavy atom. The summed E-state index contributed by atoms with van der Waals surface area (Å²) in [7, 11) is 0. The third-order valence-corrected chi connectivity index (χ3v) is 9.05. The van der Waals surface area contributed by atoms with Gasteiger partial charge in [0, 0.05) is 6.42 Å². The Morgan fingerprint density at radius 1 is 0.481 bits per heavy atom. The number of carbonyl (C=O) groups excluding carboxylic acids is 1. The summed E-state index contributed by atoms with van der Waals surface area (Å²) in [4.78, 5) is 12.4. The monoisotopic (exact) mass is 720 g/mol. The van der Waals surface area contributed by atoms with Crippen LogP contribution in [0.25, 0.3) is 0 Å². The smallest absolute Gasteiger partial charge is 0.220 e. The van der Waals surface area contributed by atoms with E-state index in [0.29, 0.717) is 6.42 Å². The van der Waals surface area contributed by atoms with Crippen LogP contribution in [-0.4, -0.2) is 34.9 Å². The maximum Gasteiger partial charge on any atom is 0.220 e. The average Bonchev–Trinajstić information content (AvgIpc) is 3.15. The fraction of sp³-hybridized carbons (Fsp3) is 0.646. The molecule has 0 aromatic heterocycles. The SMILES string of the molecule is CC/C=C\C/C=C\C/C=C\C/C=C\C/C=C\C/C=C\CCCCC(=O)NC(CO)C(O)/C=C/CC/C=C/CCCCCCCCCCCCCCC.